The van der Waals surface area contributed by atoms with Gasteiger partial charge in [-0.1, -0.05) is 36.4 Å². The van der Waals surface area contributed by atoms with Crippen molar-refractivity contribution in [3.63, 3.8) is 0 Å². The van der Waals surface area contributed by atoms with Crippen molar-refractivity contribution in [3.8, 4) is 11.3 Å². The second-order valence-corrected chi connectivity index (χ2v) is 8.99. The molecule has 5 rings (SSSR count). The summed E-state index contributed by atoms with van der Waals surface area (Å²) in [6, 6.07) is 14.9. The van der Waals surface area contributed by atoms with Gasteiger partial charge in [-0.05, 0) is 42.5 Å². The molecule has 1 fully saturated rings. The zero-order valence-corrected chi connectivity index (χ0v) is 20.2. The smallest absolute Gasteiger partial charge is 0.293 e. The Kier molecular flexibility index (Phi) is 6.59. The first kappa shape index (κ1) is 23.4. The number of hydrogen-bond donors (Lipinski definition) is 1. The Morgan fingerprint density at radius 1 is 1.11 bits per heavy atom. The molecule has 0 radical (unpaired) electrons. The Balaban J connectivity index is 1.33. The molecule has 1 aromatic carbocycles. The topological polar surface area (TPSA) is 110 Å². The summed E-state index contributed by atoms with van der Waals surface area (Å²) in [6.07, 6.45) is 6.53. The van der Waals surface area contributed by atoms with Crippen LogP contribution in [0.15, 0.2) is 72.0 Å². The van der Waals surface area contributed by atoms with Crippen LogP contribution in [0.4, 0.5) is 4.79 Å². The molecule has 0 spiro atoms. The predicted octanol–water partition coefficient (Wildman–Crippen LogP) is 3.98. The minimum Gasteiger partial charge on any atom is -0.350 e. The number of imide groups is 1. The van der Waals surface area contributed by atoms with E-state index in [4.69, 9.17) is 4.98 Å². The van der Waals surface area contributed by atoms with Crippen LogP contribution in [0.25, 0.3) is 28.4 Å². The van der Waals surface area contributed by atoms with Gasteiger partial charge < -0.3 is 5.32 Å². The van der Waals surface area contributed by atoms with E-state index in [1.165, 1.54) is 0 Å². The Morgan fingerprint density at radius 2 is 1.94 bits per heavy atom. The summed E-state index contributed by atoms with van der Waals surface area (Å²) in [5.74, 6) is -0.710. The summed E-state index contributed by atoms with van der Waals surface area (Å²) in [6.45, 7) is 2.75. The molecule has 1 aliphatic rings. The number of nitrogens with one attached hydrogen (secondary N) is 1. The van der Waals surface area contributed by atoms with E-state index in [9.17, 15) is 14.4 Å². The molecule has 180 valence electrons. The van der Waals surface area contributed by atoms with Crippen molar-refractivity contribution in [2.75, 3.05) is 13.1 Å². The molecule has 4 aromatic rings. The Morgan fingerprint density at radius 3 is 2.69 bits per heavy atom. The molecule has 0 bridgehead atoms. The van der Waals surface area contributed by atoms with Crippen molar-refractivity contribution in [2.45, 2.75) is 13.5 Å². The standard InChI is InChI=1S/C26H22N6O3S/c1-2-32-23-20(16-29-32)19(14-21(30-23)18-8-4-3-5-9-18)24(33)28-11-12-31-25(34)22(36-26(31)35)13-17-7-6-10-27-15-17/h3-10,13-16H,2,11-12H2,1H3,(H,28,33)/b22-13-. The second-order valence-electron chi connectivity index (χ2n) is 7.99. The van der Waals surface area contributed by atoms with Crippen molar-refractivity contribution in [1.29, 1.82) is 0 Å². The van der Waals surface area contributed by atoms with E-state index in [0.29, 0.717) is 33.7 Å². The van der Waals surface area contributed by atoms with Gasteiger partial charge in [0.15, 0.2) is 5.65 Å². The molecule has 36 heavy (non-hydrogen) atoms. The number of aromatic nitrogens is 4. The summed E-state index contributed by atoms with van der Waals surface area (Å²) < 4.78 is 1.74. The number of hydrogen-bond acceptors (Lipinski definition) is 7. The lowest BCUT2D eigenvalue weighted by Gasteiger charge is -2.13. The van der Waals surface area contributed by atoms with E-state index >= 15 is 0 Å². The molecule has 3 aromatic heterocycles. The minimum atomic E-state index is -0.384. The van der Waals surface area contributed by atoms with Gasteiger partial charge in [0, 0.05) is 37.6 Å². The van der Waals surface area contributed by atoms with Gasteiger partial charge in [0.1, 0.15) is 0 Å². The number of carbonyl (C=O) groups excluding carboxylic acids is 3. The average molecular weight is 499 g/mol. The molecule has 0 aliphatic carbocycles. The maximum absolute atomic E-state index is 13.2. The van der Waals surface area contributed by atoms with Crippen LogP contribution in [0.1, 0.15) is 22.8 Å². The summed E-state index contributed by atoms with van der Waals surface area (Å²) in [4.78, 5) is 48.6. The number of thioether (sulfide) groups is 1. The fraction of sp³-hybridized carbons (Fsp3) is 0.154. The highest BCUT2D eigenvalue weighted by Gasteiger charge is 2.34. The molecule has 0 atom stereocenters. The van der Waals surface area contributed by atoms with E-state index in [2.05, 4.69) is 15.4 Å². The number of pyridine rings is 2. The molecule has 0 saturated carbocycles. The van der Waals surface area contributed by atoms with Gasteiger partial charge in [-0.15, -0.1) is 0 Å². The van der Waals surface area contributed by atoms with Crippen molar-refractivity contribution < 1.29 is 14.4 Å². The molecule has 3 amide bonds. The van der Waals surface area contributed by atoms with E-state index in [0.717, 1.165) is 27.8 Å². The predicted molar refractivity (Wildman–Crippen MR) is 138 cm³/mol. The molecule has 4 heterocycles. The summed E-state index contributed by atoms with van der Waals surface area (Å²) in [5, 5.41) is 7.47. The third kappa shape index (κ3) is 4.63. The van der Waals surface area contributed by atoms with E-state index in [1.807, 2.05) is 37.3 Å². The van der Waals surface area contributed by atoms with Crippen molar-refractivity contribution in [3.05, 3.63) is 83.2 Å². The van der Waals surface area contributed by atoms with Crippen molar-refractivity contribution in [1.82, 2.24) is 30.0 Å². The van der Waals surface area contributed by atoms with Crippen LogP contribution in [0, 0.1) is 0 Å². The number of aryl methyl sites for hydroxylation is 1. The first-order valence-electron chi connectivity index (χ1n) is 11.4. The number of benzene rings is 1. The van der Waals surface area contributed by atoms with Gasteiger partial charge in [0.25, 0.3) is 17.1 Å². The Bertz CT molecular complexity index is 1480. The molecular formula is C26H22N6O3S. The van der Waals surface area contributed by atoms with Crippen LogP contribution in [-0.4, -0.2) is 54.8 Å². The van der Waals surface area contributed by atoms with Crippen LogP contribution in [0.5, 0.6) is 0 Å². The second kappa shape index (κ2) is 10.1. The molecule has 9 nitrogen and oxygen atoms in total. The molecular weight excluding hydrogens is 476 g/mol. The number of carbonyl (C=O) groups is 3. The maximum atomic E-state index is 13.2. The van der Waals surface area contributed by atoms with Gasteiger partial charge in [-0.3, -0.25) is 24.3 Å². The monoisotopic (exact) mass is 498 g/mol. The van der Waals surface area contributed by atoms with Crippen LogP contribution in [0.2, 0.25) is 0 Å². The van der Waals surface area contributed by atoms with Crippen molar-refractivity contribution in [2.24, 2.45) is 0 Å². The maximum Gasteiger partial charge on any atom is 0.293 e. The molecule has 1 saturated heterocycles. The third-order valence-electron chi connectivity index (χ3n) is 5.70. The third-order valence-corrected chi connectivity index (χ3v) is 6.61. The number of rotatable bonds is 7. The van der Waals surface area contributed by atoms with Crippen LogP contribution in [0.3, 0.4) is 0 Å². The highest BCUT2D eigenvalue weighted by molar-refractivity contribution is 8.18. The van der Waals surface area contributed by atoms with E-state index in [1.54, 1.807) is 47.5 Å². The number of fused-ring (bicyclic) bond motifs is 1. The van der Waals surface area contributed by atoms with Gasteiger partial charge in [-0.2, -0.15) is 5.10 Å². The van der Waals surface area contributed by atoms with E-state index in [-0.39, 0.29) is 30.1 Å². The zero-order chi connectivity index (χ0) is 25.1. The highest BCUT2D eigenvalue weighted by atomic mass is 32.2. The number of nitrogens with zero attached hydrogens (tertiary/aromatic N) is 5. The van der Waals surface area contributed by atoms with Gasteiger partial charge in [0.2, 0.25) is 0 Å². The van der Waals surface area contributed by atoms with Crippen LogP contribution < -0.4 is 5.32 Å². The Labute approximate surface area is 211 Å². The van der Waals surface area contributed by atoms with Crippen LogP contribution in [-0.2, 0) is 11.3 Å². The summed E-state index contributed by atoms with van der Waals surface area (Å²) in [7, 11) is 0. The van der Waals surface area contributed by atoms with Crippen LogP contribution >= 0.6 is 11.8 Å². The lowest BCUT2D eigenvalue weighted by molar-refractivity contribution is -0.122. The fourth-order valence-electron chi connectivity index (χ4n) is 3.91. The first-order chi connectivity index (χ1) is 17.5. The van der Waals surface area contributed by atoms with Gasteiger partial charge in [0.05, 0.1) is 27.7 Å². The summed E-state index contributed by atoms with van der Waals surface area (Å²) in [5.41, 5.74) is 3.34. The first-order valence-corrected chi connectivity index (χ1v) is 12.2. The quantitative estimate of drug-likeness (QED) is 0.384. The largest absolute Gasteiger partial charge is 0.350 e. The molecule has 0 unspecified atom stereocenters. The van der Waals surface area contributed by atoms with Gasteiger partial charge in [-0.25, -0.2) is 9.67 Å². The normalized spacial score (nSPS) is 14.7. The lowest BCUT2D eigenvalue weighted by Crippen LogP contribution is -2.37. The van der Waals surface area contributed by atoms with Gasteiger partial charge >= 0.3 is 0 Å². The molecule has 10 heteroatoms. The lowest BCUT2D eigenvalue weighted by atomic mass is 10.1. The fourth-order valence-corrected chi connectivity index (χ4v) is 4.77. The summed E-state index contributed by atoms with van der Waals surface area (Å²) >= 11 is 0.877. The highest BCUT2D eigenvalue weighted by Crippen LogP contribution is 2.32. The SMILES string of the molecule is CCn1ncc2c(C(=O)NCCN3C(=O)S/C(=C\c4cccnc4)C3=O)cc(-c3ccccc3)nc21. The molecule has 1 aliphatic heterocycles. The van der Waals surface area contributed by atoms with E-state index < -0.39 is 0 Å². The molecule has 1 N–H and O–H groups in total. The average Bonchev–Trinajstić information content (AvgIpc) is 3.44. The van der Waals surface area contributed by atoms with Crippen molar-refractivity contribution >= 4 is 45.9 Å². The number of amides is 3. The Hall–Kier alpha value is -4.31. The zero-order valence-electron chi connectivity index (χ0n) is 19.4. The minimum absolute atomic E-state index is 0.0643.